The first-order chi connectivity index (χ1) is 16.5. The molecule has 2 aromatic heterocycles. The quantitative estimate of drug-likeness (QED) is 0.433. The summed E-state index contributed by atoms with van der Waals surface area (Å²) in [6.45, 7) is 2.18. The van der Waals surface area contributed by atoms with E-state index in [-0.39, 0.29) is 24.7 Å². The minimum atomic E-state index is -0.526. The second-order valence-corrected chi connectivity index (χ2v) is 8.33. The number of hydrogen-bond donors (Lipinski definition) is 1. The van der Waals surface area contributed by atoms with Gasteiger partial charge in [0.2, 0.25) is 11.5 Å². The summed E-state index contributed by atoms with van der Waals surface area (Å²) in [7, 11) is 0. The maximum absolute atomic E-state index is 13.0. The fourth-order valence-corrected chi connectivity index (χ4v) is 3.54. The predicted molar refractivity (Wildman–Crippen MR) is 124 cm³/mol. The van der Waals surface area contributed by atoms with Crippen molar-refractivity contribution >= 4 is 17.3 Å². The van der Waals surface area contributed by atoms with Crippen LogP contribution in [0, 0.1) is 0 Å². The predicted octanol–water partition coefficient (Wildman–Crippen LogP) is 3.34. The monoisotopic (exact) mass is 480 g/mol. The second kappa shape index (κ2) is 9.14. The molecule has 0 aliphatic heterocycles. The molecule has 0 radical (unpaired) electrons. The van der Waals surface area contributed by atoms with Crippen molar-refractivity contribution in [3.8, 4) is 11.8 Å². The summed E-state index contributed by atoms with van der Waals surface area (Å²) in [5, 5.41) is 4.43. The largest absolute Gasteiger partial charge is 0.422 e. The molecular weight excluding hydrogens is 460 g/mol. The van der Waals surface area contributed by atoms with Crippen molar-refractivity contribution in [3.05, 3.63) is 91.6 Å². The summed E-state index contributed by atoms with van der Waals surface area (Å²) in [6.07, 6.45) is 2.11. The lowest BCUT2D eigenvalue weighted by atomic mass is 10.2. The number of ether oxygens (including phenoxy) is 1. The van der Waals surface area contributed by atoms with Crippen molar-refractivity contribution in [2.75, 3.05) is 0 Å². The molecule has 0 atom stereocenters. The molecule has 0 bridgehead atoms. The summed E-state index contributed by atoms with van der Waals surface area (Å²) in [4.78, 5) is 36.8. The molecule has 1 N–H and O–H groups in total. The van der Waals surface area contributed by atoms with E-state index in [4.69, 9.17) is 20.9 Å². The average Bonchev–Trinajstić information content (AvgIpc) is 3.58. The molecule has 10 nitrogen and oxygen atoms in total. The third-order valence-electron chi connectivity index (χ3n) is 5.38. The Kier molecular flexibility index (Phi) is 5.89. The molecule has 1 saturated carbocycles. The van der Waals surface area contributed by atoms with Crippen molar-refractivity contribution in [2.24, 2.45) is 4.99 Å². The molecular formula is C23H21ClN6O4. The van der Waals surface area contributed by atoms with Crippen molar-refractivity contribution < 1.29 is 9.26 Å². The molecule has 174 valence electrons. The van der Waals surface area contributed by atoms with E-state index in [1.807, 2.05) is 12.1 Å². The Morgan fingerprint density at radius 2 is 1.85 bits per heavy atom. The van der Waals surface area contributed by atoms with Crippen molar-refractivity contribution in [3.63, 3.8) is 0 Å². The second-order valence-electron chi connectivity index (χ2n) is 7.89. The Hall–Kier alpha value is -3.92. The zero-order valence-corrected chi connectivity index (χ0v) is 19.0. The minimum absolute atomic E-state index is 0.135. The third kappa shape index (κ3) is 4.72. The summed E-state index contributed by atoms with van der Waals surface area (Å²) < 4.78 is 13.4. The Labute approximate surface area is 198 Å². The van der Waals surface area contributed by atoms with E-state index in [0.29, 0.717) is 28.3 Å². The Morgan fingerprint density at radius 1 is 1.12 bits per heavy atom. The van der Waals surface area contributed by atoms with Gasteiger partial charge in [-0.2, -0.15) is 4.98 Å². The summed E-state index contributed by atoms with van der Waals surface area (Å²) in [6, 6.07) is 14.1. The molecule has 11 heteroatoms. The zero-order chi connectivity index (χ0) is 23.7. The van der Waals surface area contributed by atoms with Crippen LogP contribution >= 0.6 is 11.6 Å². The van der Waals surface area contributed by atoms with Crippen LogP contribution in [-0.4, -0.2) is 24.3 Å². The lowest BCUT2D eigenvalue weighted by Crippen LogP contribution is -2.49. The molecule has 5 rings (SSSR count). The third-order valence-corrected chi connectivity index (χ3v) is 5.63. The van der Waals surface area contributed by atoms with Gasteiger partial charge in [-0.25, -0.2) is 19.1 Å². The van der Waals surface area contributed by atoms with Crippen LogP contribution in [-0.2, 0) is 13.1 Å². The first-order valence-corrected chi connectivity index (χ1v) is 11.2. The van der Waals surface area contributed by atoms with Gasteiger partial charge in [-0.05, 0) is 66.9 Å². The summed E-state index contributed by atoms with van der Waals surface area (Å²) in [5.74, 6) is 1.44. The number of nitrogens with zero attached hydrogens (tertiary/aromatic N) is 5. The van der Waals surface area contributed by atoms with Gasteiger partial charge >= 0.3 is 17.4 Å². The molecule has 0 unspecified atom stereocenters. The highest BCUT2D eigenvalue weighted by Crippen LogP contribution is 2.39. The maximum atomic E-state index is 13.0. The van der Waals surface area contributed by atoms with E-state index in [1.165, 1.54) is 4.57 Å². The van der Waals surface area contributed by atoms with Crippen LogP contribution in [0.4, 0.5) is 5.69 Å². The maximum Gasteiger partial charge on any atom is 0.359 e. The van der Waals surface area contributed by atoms with Gasteiger partial charge in [0.05, 0.1) is 12.2 Å². The van der Waals surface area contributed by atoms with Gasteiger partial charge in [-0.15, -0.1) is 0 Å². The fourth-order valence-electron chi connectivity index (χ4n) is 3.41. The van der Waals surface area contributed by atoms with E-state index >= 15 is 0 Å². The molecule has 1 fully saturated rings. The van der Waals surface area contributed by atoms with Gasteiger partial charge < -0.3 is 9.26 Å². The van der Waals surface area contributed by atoms with E-state index < -0.39 is 11.4 Å². The molecule has 1 aliphatic carbocycles. The summed E-state index contributed by atoms with van der Waals surface area (Å²) >= 11 is 5.97. The van der Waals surface area contributed by atoms with Crippen molar-refractivity contribution in [1.29, 1.82) is 0 Å². The number of nitrogens with one attached hydrogen (secondary N) is 1. The first kappa shape index (κ1) is 21.9. The molecule has 0 spiro atoms. The molecule has 34 heavy (non-hydrogen) atoms. The van der Waals surface area contributed by atoms with Crippen LogP contribution in [0.5, 0.6) is 11.8 Å². The molecule has 2 aromatic carbocycles. The van der Waals surface area contributed by atoms with Crippen molar-refractivity contribution in [2.45, 2.75) is 38.8 Å². The number of halogens is 1. The van der Waals surface area contributed by atoms with E-state index in [0.717, 1.165) is 23.0 Å². The number of hydrogen-bond acceptors (Lipinski definition) is 7. The highest BCUT2D eigenvalue weighted by Gasteiger charge is 2.30. The van der Waals surface area contributed by atoms with Gasteiger partial charge in [0.15, 0.2) is 0 Å². The van der Waals surface area contributed by atoms with Crippen LogP contribution in [0.15, 0.2) is 67.6 Å². The molecule has 1 aliphatic rings. The van der Waals surface area contributed by atoms with Crippen LogP contribution in [0.3, 0.4) is 0 Å². The van der Waals surface area contributed by atoms with Gasteiger partial charge in [0.1, 0.15) is 5.75 Å². The van der Waals surface area contributed by atoms with Gasteiger partial charge in [0, 0.05) is 17.5 Å². The Balaban J connectivity index is 1.46. The van der Waals surface area contributed by atoms with Crippen LogP contribution in [0.2, 0.25) is 5.02 Å². The van der Waals surface area contributed by atoms with Gasteiger partial charge in [0.25, 0.3) is 0 Å². The van der Waals surface area contributed by atoms with Crippen LogP contribution < -0.4 is 21.7 Å². The van der Waals surface area contributed by atoms with Crippen LogP contribution in [0.25, 0.3) is 0 Å². The van der Waals surface area contributed by atoms with Crippen molar-refractivity contribution in [1.82, 2.24) is 24.3 Å². The van der Waals surface area contributed by atoms with E-state index in [1.54, 1.807) is 43.3 Å². The highest BCUT2D eigenvalue weighted by molar-refractivity contribution is 6.30. The van der Waals surface area contributed by atoms with Gasteiger partial charge in [-0.1, -0.05) is 23.7 Å². The molecule has 0 amide bonds. The highest BCUT2D eigenvalue weighted by atomic mass is 35.5. The smallest absolute Gasteiger partial charge is 0.359 e. The Bertz CT molecular complexity index is 1490. The lowest BCUT2D eigenvalue weighted by Gasteiger charge is -2.10. The lowest BCUT2D eigenvalue weighted by molar-refractivity contribution is 0.347. The minimum Gasteiger partial charge on any atom is -0.422 e. The fraction of sp³-hybridized carbons (Fsp3) is 0.261. The Morgan fingerprint density at radius 3 is 2.53 bits per heavy atom. The number of aromatic amines is 1. The van der Waals surface area contributed by atoms with Gasteiger partial charge in [-0.3, -0.25) is 9.55 Å². The number of rotatable bonds is 7. The number of benzene rings is 2. The van der Waals surface area contributed by atoms with E-state index in [9.17, 15) is 9.59 Å². The van der Waals surface area contributed by atoms with E-state index in [2.05, 4.69) is 20.1 Å². The van der Waals surface area contributed by atoms with Crippen LogP contribution in [0.1, 0.15) is 37.1 Å². The number of H-pyrrole nitrogens is 1. The standard InChI is InChI=1S/C23H21ClN6O4/c1-2-29-22(31)27-20(30(23(29)32)13-14-3-7-16(24)8-4-14)25-17-9-11-18(12-10-17)33-21-26-19(34-28-21)15-5-6-15/h3-4,7-12,15H,2,5-6,13H2,1H3,(H,25,27,31). The number of aromatic nitrogens is 5. The zero-order valence-electron chi connectivity index (χ0n) is 18.3. The molecule has 4 aromatic rings. The summed E-state index contributed by atoms with van der Waals surface area (Å²) in [5.41, 5.74) is 0.515. The molecule has 0 saturated heterocycles. The average molecular weight is 481 g/mol. The normalized spacial score (nSPS) is 13.9. The molecule has 2 heterocycles. The SMILES string of the molecule is CCn1c(=O)[nH]/c(=N\c2ccc(Oc3noc(C4CC4)n3)cc2)n(Cc2ccc(Cl)cc2)c1=O. The topological polar surface area (TPSA) is 120 Å². The first-order valence-electron chi connectivity index (χ1n) is 10.8.